The van der Waals surface area contributed by atoms with Gasteiger partial charge in [0.25, 0.3) is 0 Å². The van der Waals surface area contributed by atoms with E-state index in [-0.39, 0.29) is 12.1 Å². The van der Waals surface area contributed by atoms with Crippen LogP contribution < -0.4 is 19.5 Å². The van der Waals surface area contributed by atoms with Gasteiger partial charge in [0.2, 0.25) is 0 Å². The summed E-state index contributed by atoms with van der Waals surface area (Å²) in [5.74, 6) is 2.18. The summed E-state index contributed by atoms with van der Waals surface area (Å²) in [6.07, 6.45) is 6.76. The number of hydrogen-bond acceptors (Lipinski definition) is 5. The second-order valence-electron chi connectivity index (χ2n) is 10.1. The van der Waals surface area contributed by atoms with Gasteiger partial charge in [-0.3, -0.25) is 0 Å². The van der Waals surface area contributed by atoms with Gasteiger partial charge in [-0.25, -0.2) is 4.79 Å². The fraction of sp³-hybridized carbons (Fsp3) is 0.323. The Hall–Kier alpha value is -3.91. The van der Waals surface area contributed by atoms with Crippen LogP contribution in [0.25, 0.3) is 5.00 Å². The van der Waals surface area contributed by atoms with Gasteiger partial charge in [0.1, 0.15) is 24.0 Å². The average molecular weight is 542 g/mol. The molecule has 2 aliphatic heterocycles. The van der Waals surface area contributed by atoms with E-state index in [1.54, 1.807) is 0 Å². The van der Waals surface area contributed by atoms with Gasteiger partial charge in [-0.2, -0.15) is 0 Å². The zero-order chi connectivity index (χ0) is 26.3. The lowest BCUT2D eigenvalue weighted by molar-refractivity contribution is 0.171. The Morgan fingerprint density at radius 3 is 2.69 bits per heavy atom. The summed E-state index contributed by atoms with van der Waals surface area (Å²) in [5.41, 5.74) is 5.51. The Morgan fingerprint density at radius 1 is 1.03 bits per heavy atom. The van der Waals surface area contributed by atoms with Crippen molar-refractivity contribution in [3.8, 4) is 22.2 Å². The standard InChI is InChI=1S/C31H31N3O4S/c1-2-36-22-12-9-20(10-13-22)29-25-7-5-15-33(25)30-24(23-6-3-4-8-28(23)39-30)19-34(29)31(35)32-21-11-14-26-27(18-21)38-17-16-37-26/h5,7,9-15,18,29H,2-4,6,8,16-17,19H2,1H3,(H,32,35). The molecule has 4 heterocycles. The third kappa shape index (κ3) is 4.33. The third-order valence-electron chi connectivity index (χ3n) is 7.74. The predicted molar refractivity (Wildman–Crippen MR) is 152 cm³/mol. The lowest BCUT2D eigenvalue weighted by atomic mass is 9.95. The van der Waals surface area contributed by atoms with Gasteiger partial charge >= 0.3 is 6.03 Å². The van der Waals surface area contributed by atoms with Gasteiger partial charge in [0.05, 0.1) is 24.9 Å². The van der Waals surface area contributed by atoms with Crippen molar-refractivity contribution in [2.45, 2.75) is 45.2 Å². The number of amides is 2. The van der Waals surface area contributed by atoms with Gasteiger partial charge in [0, 0.05) is 28.4 Å². The fourth-order valence-electron chi connectivity index (χ4n) is 5.97. The van der Waals surface area contributed by atoms with Crippen molar-refractivity contribution in [3.05, 3.63) is 88.1 Å². The smallest absolute Gasteiger partial charge is 0.322 e. The van der Waals surface area contributed by atoms with Crippen LogP contribution in [0.1, 0.15) is 53.1 Å². The normalized spacial score (nSPS) is 17.5. The lowest BCUT2D eigenvalue weighted by Gasteiger charge is -2.31. The molecule has 0 fully saturated rings. The van der Waals surface area contributed by atoms with Crippen molar-refractivity contribution in [2.75, 3.05) is 25.1 Å². The van der Waals surface area contributed by atoms with Crippen molar-refractivity contribution in [1.29, 1.82) is 0 Å². The number of aromatic nitrogens is 1. The van der Waals surface area contributed by atoms with Crippen LogP contribution in [0.3, 0.4) is 0 Å². The topological polar surface area (TPSA) is 65.0 Å². The van der Waals surface area contributed by atoms with Crippen molar-refractivity contribution in [2.24, 2.45) is 0 Å². The minimum atomic E-state index is -0.272. The molecule has 1 aliphatic carbocycles. The molecule has 1 unspecified atom stereocenters. The summed E-state index contributed by atoms with van der Waals surface area (Å²) >= 11 is 1.89. The van der Waals surface area contributed by atoms with E-state index in [1.807, 2.05) is 53.5 Å². The molecule has 7 rings (SSSR count). The first-order valence-corrected chi connectivity index (χ1v) is 14.5. The van der Waals surface area contributed by atoms with Crippen molar-refractivity contribution < 1.29 is 19.0 Å². The van der Waals surface area contributed by atoms with Crippen molar-refractivity contribution in [3.63, 3.8) is 0 Å². The molecule has 200 valence electrons. The van der Waals surface area contributed by atoms with E-state index in [1.165, 1.54) is 33.8 Å². The molecule has 2 aromatic heterocycles. The average Bonchev–Trinajstić information content (AvgIpc) is 3.55. The Morgan fingerprint density at radius 2 is 1.85 bits per heavy atom. The second kappa shape index (κ2) is 10.0. The number of urea groups is 1. The number of benzene rings is 2. The van der Waals surface area contributed by atoms with Crippen LogP contribution in [-0.2, 0) is 19.4 Å². The molecule has 1 N–H and O–H groups in total. The molecular weight excluding hydrogens is 510 g/mol. The molecule has 39 heavy (non-hydrogen) atoms. The van der Waals surface area contributed by atoms with Gasteiger partial charge < -0.3 is 29.0 Å². The van der Waals surface area contributed by atoms with E-state index in [4.69, 9.17) is 14.2 Å². The second-order valence-corrected chi connectivity index (χ2v) is 11.2. The van der Waals surface area contributed by atoms with Crippen molar-refractivity contribution >= 4 is 23.1 Å². The maximum atomic E-state index is 14.2. The summed E-state index contributed by atoms with van der Waals surface area (Å²) in [4.78, 5) is 17.6. The number of nitrogens with one attached hydrogen (secondary N) is 1. The summed E-state index contributed by atoms with van der Waals surface area (Å²) < 4.78 is 19.4. The van der Waals surface area contributed by atoms with Crippen LogP contribution in [-0.4, -0.2) is 35.3 Å². The third-order valence-corrected chi connectivity index (χ3v) is 9.07. The number of hydrogen-bond donors (Lipinski definition) is 1. The molecule has 7 nitrogen and oxygen atoms in total. The summed E-state index contributed by atoms with van der Waals surface area (Å²) in [6.45, 7) is 4.16. The SMILES string of the molecule is CCOc1ccc(C2c3cccn3-c3sc4c(c3CN2C(=O)Nc2ccc3c(c2)OCCO3)CCCC4)cc1. The van der Waals surface area contributed by atoms with Gasteiger partial charge in [0.15, 0.2) is 11.5 Å². The van der Waals surface area contributed by atoms with E-state index in [9.17, 15) is 4.79 Å². The number of carbonyl (C=O) groups excluding carboxylic acids is 1. The molecule has 8 heteroatoms. The summed E-state index contributed by atoms with van der Waals surface area (Å²) in [7, 11) is 0. The Bertz CT molecular complexity index is 1520. The molecule has 4 aromatic rings. The lowest BCUT2D eigenvalue weighted by Crippen LogP contribution is -2.38. The first kappa shape index (κ1) is 24.2. The molecule has 1 atom stereocenters. The van der Waals surface area contributed by atoms with E-state index >= 15 is 0 Å². The Kier molecular flexibility index (Phi) is 6.19. The van der Waals surface area contributed by atoms with Crippen LogP contribution in [0, 0.1) is 0 Å². The van der Waals surface area contributed by atoms with E-state index < -0.39 is 0 Å². The predicted octanol–water partition coefficient (Wildman–Crippen LogP) is 6.72. The molecule has 0 radical (unpaired) electrons. The zero-order valence-electron chi connectivity index (χ0n) is 21.9. The zero-order valence-corrected chi connectivity index (χ0v) is 22.8. The number of anilines is 1. The number of carbonyl (C=O) groups is 1. The molecule has 0 saturated carbocycles. The number of nitrogens with zero attached hydrogens (tertiary/aromatic N) is 2. The first-order valence-electron chi connectivity index (χ1n) is 13.7. The van der Waals surface area contributed by atoms with Gasteiger partial charge in [-0.05, 0) is 80.1 Å². The molecule has 2 aromatic carbocycles. The number of aryl methyl sites for hydroxylation is 1. The fourth-order valence-corrected chi connectivity index (χ4v) is 7.37. The minimum absolute atomic E-state index is 0.151. The number of rotatable bonds is 4. The minimum Gasteiger partial charge on any atom is -0.494 e. The van der Waals surface area contributed by atoms with Gasteiger partial charge in [-0.1, -0.05) is 12.1 Å². The van der Waals surface area contributed by atoms with Crippen LogP contribution in [0.2, 0.25) is 0 Å². The number of fused-ring (bicyclic) bond motifs is 6. The maximum absolute atomic E-state index is 14.2. The van der Waals surface area contributed by atoms with E-state index in [0.717, 1.165) is 29.8 Å². The van der Waals surface area contributed by atoms with Crippen molar-refractivity contribution in [1.82, 2.24) is 9.47 Å². The van der Waals surface area contributed by atoms with Gasteiger partial charge in [-0.15, -0.1) is 11.3 Å². The first-order chi connectivity index (χ1) is 19.2. The number of ether oxygens (including phenoxy) is 3. The highest BCUT2D eigenvalue weighted by atomic mass is 32.1. The monoisotopic (exact) mass is 541 g/mol. The van der Waals surface area contributed by atoms with Crippen LogP contribution in [0.15, 0.2) is 60.8 Å². The highest BCUT2D eigenvalue weighted by molar-refractivity contribution is 7.15. The van der Waals surface area contributed by atoms with Crippen LogP contribution in [0.5, 0.6) is 17.2 Å². The molecular formula is C31H31N3O4S. The Labute approximate surface area is 231 Å². The molecule has 2 amide bonds. The number of thiophene rings is 1. The molecule has 0 bridgehead atoms. The van der Waals surface area contributed by atoms with E-state index in [0.29, 0.717) is 43.6 Å². The van der Waals surface area contributed by atoms with Crippen LogP contribution in [0.4, 0.5) is 10.5 Å². The maximum Gasteiger partial charge on any atom is 0.322 e. The largest absolute Gasteiger partial charge is 0.494 e. The van der Waals surface area contributed by atoms with E-state index in [2.05, 4.69) is 40.3 Å². The molecule has 0 saturated heterocycles. The highest BCUT2D eigenvalue weighted by Gasteiger charge is 2.36. The highest BCUT2D eigenvalue weighted by Crippen LogP contribution is 2.44. The Balaban J connectivity index is 1.31. The molecule has 3 aliphatic rings. The molecule has 0 spiro atoms. The van der Waals surface area contributed by atoms with Crippen LogP contribution >= 0.6 is 11.3 Å². The summed E-state index contributed by atoms with van der Waals surface area (Å²) in [6, 6.07) is 17.5. The quantitative estimate of drug-likeness (QED) is 0.311. The summed E-state index contributed by atoms with van der Waals surface area (Å²) in [5, 5.41) is 4.41.